The predicted molar refractivity (Wildman–Crippen MR) is 36.2 cm³/mol. The van der Waals surface area contributed by atoms with Crippen molar-refractivity contribution in [2.75, 3.05) is 6.61 Å². The predicted octanol–water partition coefficient (Wildman–Crippen LogP) is 0.830. The molecule has 0 aliphatic heterocycles. The van der Waals surface area contributed by atoms with Gasteiger partial charge >= 0.3 is 5.97 Å². The van der Waals surface area contributed by atoms with Gasteiger partial charge in [-0.25, -0.2) is 0 Å². The maximum absolute atomic E-state index is 10.6. The molecule has 0 N–H and O–H groups in total. The van der Waals surface area contributed by atoms with Crippen LogP contribution in [0.25, 0.3) is 0 Å². The molecule has 0 atom stereocenters. The van der Waals surface area contributed by atoms with Crippen molar-refractivity contribution in [3.63, 3.8) is 0 Å². The molecule has 0 rings (SSSR count). The molecule has 0 aliphatic rings. The summed E-state index contributed by atoms with van der Waals surface area (Å²) in [5.41, 5.74) is 0. The summed E-state index contributed by atoms with van der Waals surface area (Å²) in [6.45, 7) is 2.16. The van der Waals surface area contributed by atoms with Gasteiger partial charge in [-0.2, -0.15) is 0 Å². The monoisotopic (exact) mass is 143 g/mol. The molecule has 0 spiro atoms. The maximum Gasteiger partial charge on any atom is 0.305 e. The Morgan fingerprint density at radius 3 is 2.80 bits per heavy atom. The van der Waals surface area contributed by atoms with Crippen molar-refractivity contribution in [2.45, 2.75) is 26.2 Å². The largest absolute Gasteiger partial charge is 0.466 e. The van der Waals surface area contributed by atoms with Crippen molar-refractivity contribution in [2.24, 2.45) is 0 Å². The Morgan fingerprint density at radius 2 is 2.30 bits per heavy atom. The van der Waals surface area contributed by atoms with Crippen LogP contribution >= 0.6 is 0 Å². The Kier molecular flexibility index (Phi) is 5.72. The lowest BCUT2D eigenvalue weighted by molar-refractivity contribution is -0.143. The van der Waals surface area contributed by atoms with E-state index in [4.69, 9.17) is 0 Å². The van der Waals surface area contributed by atoms with Crippen LogP contribution in [0.2, 0.25) is 0 Å². The molecule has 0 saturated carbocycles. The van der Waals surface area contributed by atoms with Crippen molar-refractivity contribution < 1.29 is 14.3 Å². The first kappa shape index (κ1) is 9.14. The summed E-state index contributed by atoms with van der Waals surface area (Å²) in [5, 5.41) is 0. The minimum absolute atomic E-state index is 0.238. The van der Waals surface area contributed by atoms with Crippen LogP contribution in [0.3, 0.4) is 0 Å². The Bertz CT molecular complexity index is 109. The zero-order chi connectivity index (χ0) is 7.82. The molecule has 0 aromatic rings. The Hall–Kier alpha value is -0.860. The van der Waals surface area contributed by atoms with Crippen molar-refractivity contribution in [3.05, 3.63) is 0 Å². The van der Waals surface area contributed by atoms with Gasteiger partial charge in [0.2, 0.25) is 0 Å². The second kappa shape index (κ2) is 6.26. The molecular formula is C7H11O3. The molecule has 57 valence electrons. The van der Waals surface area contributed by atoms with Gasteiger partial charge in [-0.1, -0.05) is 0 Å². The number of esters is 1. The van der Waals surface area contributed by atoms with Crippen LogP contribution in [0.1, 0.15) is 26.2 Å². The number of hydrogen-bond donors (Lipinski definition) is 0. The number of ether oxygens (including phenoxy) is 1. The summed E-state index contributed by atoms with van der Waals surface area (Å²) < 4.78 is 4.62. The van der Waals surface area contributed by atoms with E-state index in [2.05, 4.69) is 4.74 Å². The Balaban J connectivity index is 3.13. The molecule has 3 nitrogen and oxygen atoms in total. The van der Waals surface area contributed by atoms with E-state index in [1.807, 2.05) is 0 Å². The first-order chi connectivity index (χ1) is 4.81. The zero-order valence-corrected chi connectivity index (χ0v) is 6.05. The first-order valence-electron chi connectivity index (χ1n) is 3.32. The summed E-state index contributed by atoms with van der Waals surface area (Å²) in [7, 11) is 0. The Labute approximate surface area is 60.4 Å². The summed E-state index contributed by atoms with van der Waals surface area (Å²) in [4.78, 5) is 20.2. The van der Waals surface area contributed by atoms with Crippen LogP contribution in [0.15, 0.2) is 0 Å². The average Bonchev–Trinajstić information content (AvgIpc) is 1.89. The first-order valence-corrected chi connectivity index (χ1v) is 3.32. The fourth-order valence-corrected chi connectivity index (χ4v) is 0.538. The van der Waals surface area contributed by atoms with E-state index in [9.17, 15) is 9.59 Å². The van der Waals surface area contributed by atoms with Gasteiger partial charge in [-0.3, -0.25) is 9.59 Å². The van der Waals surface area contributed by atoms with Crippen LogP contribution < -0.4 is 0 Å². The number of rotatable bonds is 5. The molecule has 0 amide bonds. The molecule has 0 unspecified atom stereocenters. The van der Waals surface area contributed by atoms with Gasteiger partial charge in [0, 0.05) is 12.8 Å². The lowest BCUT2D eigenvalue weighted by Gasteiger charge is -1.97. The standard InChI is InChI=1S/C7H11O3/c1-2-10-7(9)5-3-4-6-8/h2-5H2,1H3. The van der Waals surface area contributed by atoms with E-state index in [-0.39, 0.29) is 5.97 Å². The highest BCUT2D eigenvalue weighted by Crippen LogP contribution is 1.94. The normalized spacial score (nSPS) is 8.90. The second-order valence-corrected chi connectivity index (χ2v) is 1.80. The maximum atomic E-state index is 10.6. The quantitative estimate of drug-likeness (QED) is 0.423. The highest BCUT2D eigenvalue weighted by Gasteiger charge is 1.99. The van der Waals surface area contributed by atoms with Crippen LogP contribution in [0.5, 0.6) is 0 Å². The average molecular weight is 143 g/mol. The van der Waals surface area contributed by atoms with E-state index >= 15 is 0 Å². The number of carbonyl (C=O) groups excluding carboxylic acids is 2. The van der Waals surface area contributed by atoms with Gasteiger partial charge in [-0.15, -0.1) is 0 Å². The number of hydrogen-bond acceptors (Lipinski definition) is 3. The van der Waals surface area contributed by atoms with E-state index in [1.165, 1.54) is 0 Å². The van der Waals surface area contributed by atoms with E-state index in [0.29, 0.717) is 25.9 Å². The van der Waals surface area contributed by atoms with Crippen LogP contribution in [0, 0.1) is 0 Å². The summed E-state index contributed by atoms with van der Waals surface area (Å²) >= 11 is 0. The number of unbranched alkanes of at least 4 members (excludes halogenated alkanes) is 1. The van der Waals surface area contributed by atoms with Gasteiger partial charge in [0.25, 0.3) is 0 Å². The molecule has 0 aromatic heterocycles. The smallest absolute Gasteiger partial charge is 0.305 e. The molecule has 3 heteroatoms. The lowest BCUT2D eigenvalue weighted by Crippen LogP contribution is -2.03. The molecular weight excluding hydrogens is 132 g/mol. The van der Waals surface area contributed by atoms with Gasteiger partial charge in [0.05, 0.1) is 6.61 Å². The van der Waals surface area contributed by atoms with E-state index in [0.717, 1.165) is 0 Å². The van der Waals surface area contributed by atoms with E-state index in [1.54, 1.807) is 13.2 Å². The van der Waals surface area contributed by atoms with Crippen molar-refractivity contribution in [1.29, 1.82) is 0 Å². The topological polar surface area (TPSA) is 43.4 Å². The summed E-state index contributed by atoms with van der Waals surface area (Å²) in [6, 6.07) is 0. The van der Waals surface area contributed by atoms with Crippen LogP contribution in [-0.4, -0.2) is 18.9 Å². The SMILES string of the molecule is CCOC(=O)CCC[C]=O. The second-order valence-electron chi connectivity index (χ2n) is 1.80. The highest BCUT2D eigenvalue weighted by atomic mass is 16.5. The highest BCUT2D eigenvalue weighted by molar-refractivity contribution is 5.69. The summed E-state index contributed by atoms with van der Waals surface area (Å²) in [6.07, 6.45) is 2.89. The van der Waals surface area contributed by atoms with Gasteiger partial charge < -0.3 is 4.74 Å². The fourth-order valence-electron chi connectivity index (χ4n) is 0.538. The van der Waals surface area contributed by atoms with E-state index < -0.39 is 0 Å². The van der Waals surface area contributed by atoms with Gasteiger partial charge in [-0.05, 0) is 13.3 Å². The Morgan fingerprint density at radius 1 is 1.60 bits per heavy atom. The van der Waals surface area contributed by atoms with Gasteiger partial charge in [0.1, 0.15) is 0 Å². The molecule has 0 aromatic carbocycles. The zero-order valence-electron chi connectivity index (χ0n) is 6.05. The van der Waals surface area contributed by atoms with Crippen molar-refractivity contribution >= 4 is 12.3 Å². The summed E-state index contributed by atoms with van der Waals surface area (Å²) in [5.74, 6) is -0.238. The third kappa shape index (κ3) is 5.28. The number of carbonyl (C=O) groups is 1. The van der Waals surface area contributed by atoms with Crippen LogP contribution in [-0.2, 0) is 14.3 Å². The third-order valence-electron chi connectivity index (χ3n) is 0.965. The minimum atomic E-state index is -0.238. The molecule has 1 radical (unpaired) electrons. The third-order valence-corrected chi connectivity index (χ3v) is 0.965. The van der Waals surface area contributed by atoms with Crippen molar-refractivity contribution in [3.8, 4) is 0 Å². The minimum Gasteiger partial charge on any atom is -0.466 e. The lowest BCUT2D eigenvalue weighted by atomic mass is 10.2. The molecule has 0 fully saturated rings. The molecule has 0 bridgehead atoms. The van der Waals surface area contributed by atoms with Crippen molar-refractivity contribution in [1.82, 2.24) is 0 Å². The van der Waals surface area contributed by atoms with Gasteiger partial charge in [0.15, 0.2) is 6.29 Å². The van der Waals surface area contributed by atoms with Crippen LogP contribution in [0.4, 0.5) is 0 Å². The molecule has 10 heavy (non-hydrogen) atoms. The molecule has 0 heterocycles. The molecule has 0 saturated heterocycles. The molecule has 0 aliphatic carbocycles. The fraction of sp³-hybridized carbons (Fsp3) is 0.714.